The van der Waals surface area contributed by atoms with Crippen molar-refractivity contribution in [1.29, 1.82) is 0 Å². The standard InChI is InChI=1S/C34H30N2O2/c37-32(38)22-28-14-7-8-15-29(28)23-36-31-17-9-16-30(33(31)35-34(36)27-12-5-2-6-13-27)26-20-18-25(19-21-26)24-10-3-1-4-11-24/h2,5-10,12-21H,1,3-4,11,22-23H2,(H,37,38). The highest BCUT2D eigenvalue weighted by Crippen LogP contribution is 2.34. The molecule has 0 aliphatic heterocycles. The van der Waals surface area contributed by atoms with Crippen LogP contribution in [0.1, 0.15) is 42.4 Å². The predicted octanol–water partition coefficient (Wildman–Crippen LogP) is 8.00. The largest absolute Gasteiger partial charge is 0.481 e. The van der Waals surface area contributed by atoms with Crippen molar-refractivity contribution in [2.75, 3.05) is 0 Å². The van der Waals surface area contributed by atoms with Gasteiger partial charge in [0.25, 0.3) is 0 Å². The number of fused-ring (bicyclic) bond motifs is 1. The Bertz CT molecular complexity index is 1630. The average molecular weight is 499 g/mol. The van der Waals surface area contributed by atoms with E-state index in [1.54, 1.807) is 0 Å². The first-order chi connectivity index (χ1) is 18.7. The summed E-state index contributed by atoms with van der Waals surface area (Å²) in [5, 5.41) is 9.46. The summed E-state index contributed by atoms with van der Waals surface area (Å²) in [4.78, 5) is 16.7. The highest BCUT2D eigenvalue weighted by molar-refractivity contribution is 5.94. The summed E-state index contributed by atoms with van der Waals surface area (Å²) in [5.74, 6) is 0.0492. The van der Waals surface area contributed by atoms with Crippen molar-refractivity contribution >= 4 is 22.6 Å². The van der Waals surface area contributed by atoms with E-state index in [4.69, 9.17) is 4.98 Å². The van der Waals surface area contributed by atoms with Gasteiger partial charge in [-0.15, -0.1) is 0 Å². The van der Waals surface area contributed by atoms with Gasteiger partial charge in [0.1, 0.15) is 5.82 Å². The second kappa shape index (κ2) is 10.5. The van der Waals surface area contributed by atoms with Crippen LogP contribution in [0.5, 0.6) is 0 Å². The van der Waals surface area contributed by atoms with E-state index in [1.165, 1.54) is 30.4 Å². The molecule has 1 heterocycles. The maximum Gasteiger partial charge on any atom is 0.307 e. The molecule has 1 N–H and O–H groups in total. The second-order valence-corrected chi connectivity index (χ2v) is 9.95. The topological polar surface area (TPSA) is 55.1 Å². The summed E-state index contributed by atoms with van der Waals surface area (Å²) in [6, 6.07) is 33.2. The van der Waals surface area contributed by atoms with Crippen LogP contribution in [-0.2, 0) is 17.8 Å². The number of rotatable bonds is 7. The van der Waals surface area contributed by atoms with Gasteiger partial charge in [-0.2, -0.15) is 0 Å². The highest BCUT2D eigenvalue weighted by atomic mass is 16.4. The molecular weight excluding hydrogens is 468 g/mol. The van der Waals surface area contributed by atoms with Crippen LogP contribution >= 0.6 is 0 Å². The van der Waals surface area contributed by atoms with Crippen molar-refractivity contribution in [3.63, 3.8) is 0 Å². The quantitative estimate of drug-likeness (QED) is 0.247. The molecule has 0 spiro atoms. The number of aliphatic carboxylic acids is 1. The molecule has 1 aliphatic carbocycles. The Balaban J connectivity index is 1.47. The number of allylic oxidation sites excluding steroid dienone is 2. The second-order valence-electron chi connectivity index (χ2n) is 9.95. The van der Waals surface area contributed by atoms with E-state index in [0.29, 0.717) is 6.54 Å². The molecule has 0 bridgehead atoms. The molecule has 0 atom stereocenters. The maximum atomic E-state index is 11.5. The Morgan fingerprint density at radius 2 is 1.50 bits per heavy atom. The number of carbonyl (C=O) groups is 1. The number of nitrogens with zero attached hydrogens (tertiary/aromatic N) is 2. The van der Waals surface area contributed by atoms with Crippen LogP contribution < -0.4 is 0 Å². The fourth-order valence-corrected chi connectivity index (χ4v) is 5.53. The van der Waals surface area contributed by atoms with Gasteiger partial charge in [-0.1, -0.05) is 97.1 Å². The third-order valence-electron chi connectivity index (χ3n) is 7.46. The molecule has 5 aromatic rings. The summed E-state index contributed by atoms with van der Waals surface area (Å²) < 4.78 is 2.22. The summed E-state index contributed by atoms with van der Waals surface area (Å²) in [6.07, 6.45) is 7.26. The minimum Gasteiger partial charge on any atom is -0.481 e. The predicted molar refractivity (Wildman–Crippen MR) is 154 cm³/mol. The van der Waals surface area contributed by atoms with Crippen LogP contribution in [0.15, 0.2) is 103 Å². The van der Waals surface area contributed by atoms with Gasteiger partial charge in [0.05, 0.1) is 17.5 Å². The Labute approximate surface area is 222 Å². The zero-order valence-electron chi connectivity index (χ0n) is 21.3. The first kappa shape index (κ1) is 23.9. The van der Waals surface area contributed by atoms with Gasteiger partial charge in [-0.25, -0.2) is 4.98 Å². The van der Waals surface area contributed by atoms with Crippen LogP contribution in [0, 0.1) is 0 Å². The molecule has 38 heavy (non-hydrogen) atoms. The summed E-state index contributed by atoms with van der Waals surface area (Å²) >= 11 is 0. The molecule has 0 unspecified atom stereocenters. The van der Waals surface area contributed by atoms with Crippen LogP contribution in [-0.4, -0.2) is 20.6 Å². The Morgan fingerprint density at radius 3 is 2.24 bits per heavy atom. The lowest BCUT2D eigenvalue weighted by Gasteiger charge is -2.14. The molecular formula is C34H30N2O2. The Hall–Kier alpha value is -4.44. The number of benzene rings is 4. The number of carboxylic acid groups (broad SMARTS) is 1. The number of para-hydroxylation sites is 1. The fraction of sp³-hybridized carbons (Fsp3) is 0.176. The maximum absolute atomic E-state index is 11.5. The third kappa shape index (κ3) is 4.78. The molecule has 4 aromatic carbocycles. The van der Waals surface area contributed by atoms with Gasteiger partial charge in [0, 0.05) is 17.7 Å². The van der Waals surface area contributed by atoms with Gasteiger partial charge in [0.15, 0.2) is 0 Å². The van der Waals surface area contributed by atoms with Crippen molar-refractivity contribution in [2.24, 2.45) is 0 Å². The zero-order chi connectivity index (χ0) is 25.9. The smallest absolute Gasteiger partial charge is 0.307 e. The summed E-state index contributed by atoms with van der Waals surface area (Å²) in [7, 11) is 0. The van der Waals surface area contributed by atoms with Crippen LogP contribution in [0.4, 0.5) is 0 Å². The van der Waals surface area contributed by atoms with E-state index in [2.05, 4.69) is 65.2 Å². The number of carboxylic acids is 1. The third-order valence-corrected chi connectivity index (χ3v) is 7.46. The first-order valence-corrected chi connectivity index (χ1v) is 13.3. The molecule has 4 nitrogen and oxygen atoms in total. The van der Waals surface area contributed by atoms with Gasteiger partial charge in [0.2, 0.25) is 0 Å². The average Bonchev–Trinajstić information content (AvgIpc) is 3.33. The Kier molecular flexibility index (Phi) is 6.62. The molecule has 6 rings (SSSR count). The molecule has 0 fully saturated rings. The van der Waals surface area contributed by atoms with E-state index < -0.39 is 5.97 Å². The zero-order valence-corrected chi connectivity index (χ0v) is 21.3. The van der Waals surface area contributed by atoms with E-state index in [9.17, 15) is 9.90 Å². The van der Waals surface area contributed by atoms with E-state index in [0.717, 1.165) is 51.1 Å². The van der Waals surface area contributed by atoms with E-state index in [-0.39, 0.29) is 6.42 Å². The first-order valence-electron chi connectivity index (χ1n) is 13.3. The summed E-state index contributed by atoms with van der Waals surface area (Å²) in [6.45, 7) is 0.542. The van der Waals surface area contributed by atoms with Crippen molar-refractivity contribution in [1.82, 2.24) is 9.55 Å². The molecule has 0 radical (unpaired) electrons. The summed E-state index contributed by atoms with van der Waals surface area (Å²) in [5.41, 5.74) is 9.84. The number of aromatic nitrogens is 2. The van der Waals surface area contributed by atoms with Gasteiger partial charge >= 0.3 is 5.97 Å². The van der Waals surface area contributed by atoms with E-state index in [1.807, 2.05) is 42.5 Å². The van der Waals surface area contributed by atoms with Crippen molar-refractivity contribution in [2.45, 2.75) is 38.6 Å². The van der Waals surface area contributed by atoms with Gasteiger partial charge in [-0.05, 0) is 59.6 Å². The normalized spacial score (nSPS) is 13.4. The van der Waals surface area contributed by atoms with Gasteiger partial charge in [-0.3, -0.25) is 4.79 Å². The van der Waals surface area contributed by atoms with Crippen LogP contribution in [0.2, 0.25) is 0 Å². The molecule has 0 saturated carbocycles. The van der Waals surface area contributed by atoms with Crippen molar-refractivity contribution in [3.8, 4) is 22.5 Å². The molecule has 1 aliphatic rings. The molecule has 0 amide bonds. The molecule has 0 saturated heterocycles. The highest BCUT2D eigenvalue weighted by Gasteiger charge is 2.18. The lowest BCUT2D eigenvalue weighted by molar-refractivity contribution is -0.136. The van der Waals surface area contributed by atoms with Crippen molar-refractivity contribution < 1.29 is 9.90 Å². The molecule has 4 heteroatoms. The number of hydrogen-bond acceptors (Lipinski definition) is 2. The number of hydrogen-bond donors (Lipinski definition) is 1. The number of imidazole rings is 1. The minimum absolute atomic E-state index is 0.00247. The van der Waals surface area contributed by atoms with Crippen LogP contribution in [0.3, 0.4) is 0 Å². The molecule has 188 valence electrons. The minimum atomic E-state index is -0.828. The molecule has 1 aromatic heterocycles. The fourth-order valence-electron chi connectivity index (χ4n) is 5.53. The monoisotopic (exact) mass is 498 g/mol. The lowest BCUT2D eigenvalue weighted by Crippen LogP contribution is -2.08. The SMILES string of the molecule is O=C(O)Cc1ccccc1Cn1c(-c2ccccc2)nc2c(-c3ccc(C4=CCCCC4)cc3)cccc21. The van der Waals surface area contributed by atoms with Gasteiger partial charge < -0.3 is 9.67 Å². The Morgan fingerprint density at radius 1 is 0.763 bits per heavy atom. The lowest BCUT2D eigenvalue weighted by atomic mass is 9.92. The van der Waals surface area contributed by atoms with Crippen molar-refractivity contribution in [3.05, 3.63) is 120 Å². The van der Waals surface area contributed by atoms with E-state index >= 15 is 0 Å². The van der Waals surface area contributed by atoms with Crippen LogP contribution in [0.25, 0.3) is 39.1 Å².